The number of hydrogen-bond donors (Lipinski definition) is 0. The molecule has 8 heteroatoms. The fraction of sp³-hybridized carbons (Fsp3) is 0.364. The molecular formula is C22H22N2O6. The molecule has 1 saturated heterocycles. The van der Waals surface area contributed by atoms with E-state index in [1.165, 1.54) is 6.92 Å². The van der Waals surface area contributed by atoms with E-state index in [1.807, 2.05) is 36.4 Å². The lowest BCUT2D eigenvalue weighted by molar-refractivity contribution is -0.159. The molecule has 0 unspecified atom stereocenters. The van der Waals surface area contributed by atoms with Crippen LogP contribution in [-0.4, -0.2) is 41.0 Å². The number of imide groups is 1. The predicted octanol–water partition coefficient (Wildman–Crippen LogP) is 2.73. The number of amides is 2. The third-order valence-corrected chi connectivity index (χ3v) is 5.57. The Bertz CT molecular complexity index is 967. The number of fused-ring (bicyclic) bond motifs is 1. The lowest BCUT2D eigenvalue weighted by Gasteiger charge is -2.21. The van der Waals surface area contributed by atoms with Crippen molar-refractivity contribution in [1.29, 1.82) is 0 Å². The molecule has 1 aromatic carbocycles. The van der Waals surface area contributed by atoms with Crippen molar-refractivity contribution in [3.8, 4) is 17.0 Å². The highest BCUT2D eigenvalue weighted by atomic mass is 16.6. The number of aromatic nitrogens is 1. The van der Waals surface area contributed by atoms with Crippen LogP contribution in [0.1, 0.15) is 25.5 Å². The topological polar surface area (TPSA) is 98.9 Å². The van der Waals surface area contributed by atoms with Gasteiger partial charge in [-0.1, -0.05) is 17.3 Å². The van der Waals surface area contributed by atoms with Crippen LogP contribution in [0.2, 0.25) is 0 Å². The van der Waals surface area contributed by atoms with Crippen molar-refractivity contribution in [2.24, 2.45) is 11.8 Å². The van der Waals surface area contributed by atoms with E-state index in [9.17, 15) is 14.4 Å². The summed E-state index contributed by atoms with van der Waals surface area (Å²) in [5.74, 6) is -0.935. The van der Waals surface area contributed by atoms with Gasteiger partial charge >= 0.3 is 5.97 Å². The number of carbonyl (C=O) groups is 3. The number of allylic oxidation sites excluding steroid dienone is 2. The van der Waals surface area contributed by atoms with Crippen molar-refractivity contribution < 1.29 is 28.4 Å². The molecular weight excluding hydrogens is 388 g/mol. The second-order valence-corrected chi connectivity index (χ2v) is 7.39. The average Bonchev–Trinajstić information content (AvgIpc) is 3.35. The summed E-state index contributed by atoms with van der Waals surface area (Å²) < 4.78 is 15.6. The standard InChI is InChI=1S/C22H22N2O6/c1-13(24-20(25)17-5-3-4-6-18(17)21(24)26)22(27)29-12-16-11-19(23-30-16)14-7-9-15(28-2)10-8-14/h3-4,7-11,13,17-18H,5-6,12H2,1-2H3/t13-,17+,18+/m0/s1. The van der Waals surface area contributed by atoms with Crippen LogP contribution in [0.4, 0.5) is 0 Å². The lowest BCUT2D eigenvalue weighted by atomic mass is 9.85. The van der Waals surface area contributed by atoms with Crippen LogP contribution >= 0.6 is 0 Å². The summed E-state index contributed by atoms with van der Waals surface area (Å²) in [7, 11) is 1.59. The van der Waals surface area contributed by atoms with Gasteiger partial charge in [0.15, 0.2) is 12.4 Å². The van der Waals surface area contributed by atoms with Gasteiger partial charge in [-0.15, -0.1) is 0 Å². The van der Waals surface area contributed by atoms with Crippen LogP contribution in [0.3, 0.4) is 0 Å². The van der Waals surface area contributed by atoms with E-state index in [1.54, 1.807) is 13.2 Å². The van der Waals surface area contributed by atoms with Crippen LogP contribution in [0, 0.1) is 11.8 Å². The Morgan fingerprint density at radius 2 is 1.80 bits per heavy atom. The van der Waals surface area contributed by atoms with Gasteiger partial charge in [-0.25, -0.2) is 4.79 Å². The van der Waals surface area contributed by atoms with Gasteiger partial charge in [0, 0.05) is 11.6 Å². The number of likely N-dealkylation sites (tertiary alicyclic amines) is 1. The van der Waals surface area contributed by atoms with Gasteiger partial charge in [-0.05, 0) is 44.0 Å². The number of methoxy groups -OCH3 is 1. The summed E-state index contributed by atoms with van der Waals surface area (Å²) in [4.78, 5) is 38.7. The zero-order valence-corrected chi connectivity index (χ0v) is 16.7. The van der Waals surface area contributed by atoms with E-state index in [4.69, 9.17) is 14.0 Å². The van der Waals surface area contributed by atoms with Crippen LogP contribution in [0.25, 0.3) is 11.3 Å². The fourth-order valence-electron chi connectivity index (χ4n) is 3.85. The Kier molecular flexibility index (Phi) is 5.39. The largest absolute Gasteiger partial charge is 0.497 e. The third kappa shape index (κ3) is 3.60. The second kappa shape index (κ2) is 8.14. The van der Waals surface area contributed by atoms with E-state index >= 15 is 0 Å². The summed E-state index contributed by atoms with van der Waals surface area (Å²) in [6.45, 7) is 1.36. The van der Waals surface area contributed by atoms with Gasteiger partial charge < -0.3 is 14.0 Å². The van der Waals surface area contributed by atoms with Crippen LogP contribution < -0.4 is 4.74 Å². The van der Waals surface area contributed by atoms with Gasteiger partial charge in [-0.3, -0.25) is 14.5 Å². The first kappa shape index (κ1) is 19.9. The molecule has 30 heavy (non-hydrogen) atoms. The molecule has 2 aromatic rings. The molecule has 0 spiro atoms. The average molecular weight is 410 g/mol. The molecule has 2 aliphatic rings. The molecule has 8 nitrogen and oxygen atoms in total. The number of hydrogen-bond acceptors (Lipinski definition) is 7. The minimum Gasteiger partial charge on any atom is -0.497 e. The molecule has 156 valence electrons. The molecule has 2 amide bonds. The molecule has 0 bridgehead atoms. The Morgan fingerprint density at radius 1 is 1.17 bits per heavy atom. The number of esters is 1. The van der Waals surface area contributed by atoms with Crippen molar-refractivity contribution in [2.75, 3.05) is 7.11 Å². The zero-order chi connectivity index (χ0) is 21.3. The SMILES string of the molecule is COc1ccc(-c2cc(COC(=O)[C@H](C)N3C(=O)[C@@H]4CC=CC[C@H]4C3=O)on2)cc1. The third-order valence-electron chi connectivity index (χ3n) is 5.57. The Balaban J connectivity index is 1.37. The summed E-state index contributed by atoms with van der Waals surface area (Å²) in [5.41, 5.74) is 1.42. The van der Waals surface area contributed by atoms with Gasteiger partial charge in [0.1, 0.15) is 17.5 Å². The predicted molar refractivity (Wildman–Crippen MR) is 105 cm³/mol. The first-order valence-corrected chi connectivity index (χ1v) is 9.78. The summed E-state index contributed by atoms with van der Waals surface area (Å²) >= 11 is 0. The second-order valence-electron chi connectivity index (χ2n) is 7.39. The Labute approximate surface area is 173 Å². The molecule has 4 rings (SSSR count). The molecule has 1 aliphatic heterocycles. The molecule has 1 aliphatic carbocycles. The van der Waals surface area contributed by atoms with Crippen molar-refractivity contribution in [1.82, 2.24) is 10.1 Å². The van der Waals surface area contributed by atoms with E-state index in [-0.39, 0.29) is 30.3 Å². The smallest absolute Gasteiger partial charge is 0.329 e. The quantitative estimate of drug-likeness (QED) is 0.410. The van der Waals surface area contributed by atoms with E-state index in [0.717, 1.165) is 16.2 Å². The van der Waals surface area contributed by atoms with Gasteiger partial charge in [0.2, 0.25) is 11.8 Å². The molecule has 0 radical (unpaired) electrons. The normalized spacial score (nSPS) is 21.5. The first-order chi connectivity index (χ1) is 14.5. The number of carbonyl (C=O) groups excluding carboxylic acids is 3. The van der Waals surface area contributed by atoms with Crippen molar-refractivity contribution >= 4 is 17.8 Å². The molecule has 1 aromatic heterocycles. The monoisotopic (exact) mass is 410 g/mol. The van der Waals surface area contributed by atoms with Gasteiger partial charge in [0.05, 0.1) is 18.9 Å². The number of benzene rings is 1. The highest BCUT2D eigenvalue weighted by Crippen LogP contribution is 2.36. The molecule has 2 heterocycles. The zero-order valence-electron chi connectivity index (χ0n) is 16.7. The molecule has 0 saturated carbocycles. The Morgan fingerprint density at radius 3 is 2.40 bits per heavy atom. The van der Waals surface area contributed by atoms with Gasteiger partial charge in [0.25, 0.3) is 0 Å². The van der Waals surface area contributed by atoms with Crippen molar-refractivity contribution in [3.63, 3.8) is 0 Å². The van der Waals surface area contributed by atoms with Crippen molar-refractivity contribution in [3.05, 3.63) is 48.2 Å². The number of nitrogens with zero attached hydrogens (tertiary/aromatic N) is 2. The Hall–Kier alpha value is -3.42. The highest BCUT2D eigenvalue weighted by Gasteiger charge is 2.50. The van der Waals surface area contributed by atoms with Crippen LogP contribution in [0.5, 0.6) is 5.75 Å². The van der Waals surface area contributed by atoms with Crippen LogP contribution in [-0.2, 0) is 25.7 Å². The maximum absolute atomic E-state index is 12.6. The van der Waals surface area contributed by atoms with E-state index in [0.29, 0.717) is 24.3 Å². The van der Waals surface area contributed by atoms with E-state index in [2.05, 4.69) is 5.16 Å². The molecule has 1 fully saturated rings. The minimum absolute atomic E-state index is 0.142. The van der Waals surface area contributed by atoms with Crippen molar-refractivity contribution in [2.45, 2.75) is 32.4 Å². The fourth-order valence-corrected chi connectivity index (χ4v) is 3.85. The first-order valence-electron chi connectivity index (χ1n) is 9.78. The molecule has 0 N–H and O–H groups in total. The molecule has 3 atom stereocenters. The van der Waals surface area contributed by atoms with Gasteiger partial charge in [-0.2, -0.15) is 0 Å². The maximum atomic E-state index is 12.6. The summed E-state index contributed by atoms with van der Waals surface area (Å²) in [6.07, 6.45) is 4.87. The summed E-state index contributed by atoms with van der Waals surface area (Å²) in [5, 5.41) is 3.98. The number of ether oxygens (including phenoxy) is 2. The minimum atomic E-state index is -0.986. The highest BCUT2D eigenvalue weighted by molar-refractivity contribution is 6.08. The van der Waals surface area contributed by atoms with Crippen LogP contribution in [0.15, 0.2) is 47.0 Å². The van der Waals surface area contributed by atoms with E-state index < -0.39 is 12.0 Å². The number of rotatable bonds is 6. The maximum Gasteiger partial charge on any atom is 0.329 e. The lowest BCUT2D eigenvalue weighted by Crippen LogP contribution is -2.44. The summed E-state index contributed by atoms with van der Waals surface area (Å²) in [6, 6.07) is 7.98.